The number of esters is 1. The Bertz CT molecular complexity index is 1680. The number of aromatic nitrogens is 3. The van der Waals surface area contributed by atoms with E-state index in [0.29, 0.717) is 0 Å². The number of anilines is 1. The topological polar surface area (TPSA) is 194 Å². The molecule has 1 aromatic carbocycles. The van der Waals surface area contributed by atoms with Crippen molar-refractivity contribution in [2.45, 2.75) is 50.8 Å². The molecule has 1 unspecified atom stereocenters. The number of nitrogens with zero attached hydrogens (tertiary/aromatic N) is 2. The van der Waals surface area contributed by atoms with Gasteiger partial charge in [0.25, 0.3) is 5.56 Å². The van der Waals surface area contributed by atoms with E-state index >= 15 is 0 Å². The van der Waals surface area contributed by atoms with Crippen molar-refractivity contribution >= 4 is 30.5 Å². The van der Waals surface area contributed by atoms with Crippen LogP contribution in [0.1, 0.15) is 29.7 Å². The predicted octanol–water partition coefficient (Wildman–Crippen LogP) is 2.11. The molecule has 0 saturated carbocycles. The van der Waals surface area contributed by atoms with Crippen LogP contribution in [0.3, 0.4) is 0 Å². The summed E-state index contributed by atoms with van der Waals surface area (Å²) in [6.07, 6.45) is -5.35. The summed E-state index contributed by atoms with van der Waals surface area (Å²) in [4.78, 5) is 31.4. The van der Waals surface area contributed by atoms with Crippen LogP contribution >= 0.6 is 7.60 Å². The fourth-order valence-electron chi connectivity index (χ4n) is 4.31. The average molecular weight is 608 g/mol. The lowest BCUT2D eigenvalue weighted by atomic mass is 9.91. The fourth-order valence-corrected chi connectivity index (χ4v) is 6.02. The molecule has 226 valence electrons. The summed E-state index contributed by atoms with van der Waals surface area (Å²) in [5, 5.41) is 11.4. The maximum atomic E-state index is 14.2. The number of hydrogen-bond acceptors (Lipinski definition) is 11. The van der Waals surface area contributed by atoms with Gasteiger partial charge in [-0.3, -0.25) is 19.1 Å². The largest absolute Gasteiger partial charge is 0.463 e. The summed E-state index contributed by atoms with van der Waals surface area (Å²) >= 11 is 0. The number of alkyl halides is 1. The second kappa shape index (κ2) is 12.6. The van der Waals surface area contributed by atoms with E-state index in [1.807, 2.05) is 0 Å². The number of aliphatic hydroxyl groups excluding tert-OH is 1. The Balaban J connectivity index is 1.73. The van der Waals surface area contributed by atoms with E-state index < -0.39 is 74.5 Å². The Kier molecular flexibility index (Phi) is 8.55. The second-order valence-corrected chi connectivity index (χ2v) is 11.9. The number of nitrogens with one attached hydrogen (secondary N) is 1. The lowest BCUT2D eigenvalue weighted by Crippen LogP contribution is -2.53. The van der Waals surface area contributed by atoms with Crippen molar-refractivity contribution in [1.29, 1.82) is 0 Å². The molecule has 1 aliphatic heterocycles. The number of halogens is 1. The fraction of sp³-hybridized carbons (Fsp3) is 0.444. The SMILES string of the molecule is [2H]C([2H])(O[P@@](=O)(C[C@@H](C)C(=O)OC(C)C)Oc1ccccc1)[C@H]1O[C@@H](n2ccc3c(=O)[nH]c(N)nc32)C(N)(C#CCF)[C@H]1O. The van der Waals surface area contributed by atoms with E-state index in [4.69, 9.17) is 32.7 Å². The second-order valence-electron chi connectivity index (χ2n) is 9.93. The molecule has 0 radical (unpaired) electrons. The number of ether oxygens (including phenoxy) is 2. The number of para-hydroxylation sites is 1. The third kappa shape index (κ3) is 6.67. The Hall–Kier alpha value is -3.73. The van der Waals surface area contributed by atoms with Crippen molar-refractivity contribution in [1.82, 2.24) is 14.5 Å². The normalized spacial score (nSPS) is 25.2. The first-order valence-corrected chi connectivity index (χ1v) is 14.6. The molecular formula is C27H33FN5O8P. The van der Waals surface area contributed by atoms with Crippen molar-refractivity contribution in [3.8, 4) is 17.6 Å². The maximum absolute atomic E-state index is 14.2. The number of H-pyrrole nitrogens is 1. The Morgan fingerprint density at radius 3 is 2.74 bits per heavy atom. The predicted molar refractivity (Wildman–Crippen MR) is 151 cm³/mol. The van der Waals surface area contributed by atoms with Crippen molar-refractivity contribution < 1.29 is 40.1 Å². The monoisotopic (exact) mass is 607 g/mol. The van der Waals surface area contributed by atoms with Gasteiger partial charge in [-0.1, -0.05) is 37.0 Å². The summed E-state index contributed by atoms with van der Waals surface area (Å²) in [6.45, 7) is 0.404. The summed E-state index contributed by atoms with van der Waals surface area (Å²) in [7, 11) is -4.58. The van der Waals surface area contributed by atoms with Crippen LogP contribution in [0.2, 0.25) is 0 Å². The summed E-state index contributed by atoms with van der Waals surface area (Å²) < 4.78 is 68.2. The van der Waals surface area contributed by atoms with Gasteiger partial charge in [-0.25, -0.2) is 8.96 Å². The number of rotatable bonds is 10. The summed E-state index contributed by atoms with van der Waals surface area (Å²) in [5.41, 5.74) is 9.34. The number of nitrogens with two attached hydrogens (primary N) is 2. The molecule has 2 aromatic heterocycles. The number of aliphatic hydroxyl groups is 1. The minimum Gasteiger partial charge on any atom is -0.463 e. The molecule has 0 amide bonds. The quantitative estimate of drug-likeness (QED) is 0.150. The number of nitrogen functional groups attached to an aromatic ring is 1. The third-order valence-electron chi connectivity index (χ3n) is 6.23. The zero-order valence-electron chi connectivity index (χ0n) is 25.0. The van der Waals surface area contributed by atoms with E-state index in [0.717, 1.165) is 0 Å². The lowest BCUT2D eigenvalue weighted by molar-refractivity contribution is -0.151. The standard InChI is InChI=1S/C27H33FN5O8P/c1-16(2)39-24(36)17(3)15-42(37,41-18-8-5-4-6-9-18)38-14-20-21(34)27(30,11-7-12-28)25(40-20)33-13-10-19-22(33)31-26(29)32-23(19)35/h4-6,8-10,13,16-17,20-21,25,34H,12,14-15,30H2,1-3H3,(H3,29,31,32,35)/t17-,20-,21+,25-,27?,42+/m1/s1/i14D2. The van der Waals surface area contributed by atoms with Gasteiger partial charge in [0.2, 0.25) is 5.95 Å². The molecule has 1 aliphatic rings. The summed E-state index contributed by atoms with van der Waals surface area (Å²) in [5.74, 6) is 2.54. The van der Waals surface area contributed by atoms with Crippen molar-refractivity contribution in [3.05, 3.63) is 52.9 Å². The van der Waals surface area contributed by atoms with Gasteiger partial charge in [-0.05, 0) is 32.0 Å². The van der Waals surface area contributed by atoms with Gasteiger partial charge in [-0.15, -0.1) is 0 Å². The average Bonchev–Trinajstić information content (AvgIpc) is 3.46. The number of hydrogen-bond donors (Lipinski definition) is 4. The molecule has 3 heterocycles. The number of aromatic amines is 1. The molecule has 6 atom stereocenters. The van der Waals surface area contributed by atoms with Gasteiger partial charge in [0.05, 0.1) is 32.9 Å². The molecule has 1 saturated heterocycles. The number of carbonyl (C=O) groups excluding carboxylic acids is 1. The van der Waals surface area contributed by atoms with Crippen LogP contribution < -0.4 is 21.6 Å². The number of benzene rings is 1. The Morgan fingerprint density at radius 2 is 2.07 bits per heavy atom. The van der Waals surface area contributed by atoms with E-state index in [1.165, 1.54) is 35.9 Å². The molecule has 3 aromatic rings. The Morgan fingerprint density at radius 1 is 1.36 bits per heavy atom. The van der Waals surface area contributed by atoms with Gasteiger partial charge in [0.1, 0.15) is 24.6 Å². The van der Waals surface area contributed by atoms with E-state index in [2.05, 4.69) is 21.8 Å². The van der Waals surface area contributed by atoms with Gasteiger partial charge < -0.3 is 35.1 Å². The molecule has 0 spiro atoms. The molecule has 0 aliphatic carbocycles. The first kappa shape index (κ1) is 28.4. The highest BCUT2D eigenvalue weighted by Crippen LogP contribution is 2.51. The van der Waals surface area contributed by atoms with E-state index in [9.17, 15) is 23.7 Å². The Labute approximate surface area is 243 Å². The number of fused-ring (bicyclic) bond motifs is 1. The van der Waals surface area contributed by atoms with E-state index in [-0.39, 0.29) is 22.7 Å². The van der Waals surface area contributed by atoms with Gasteiger partial charge in [0, 0.05) is 6.20 Å². The van der Waals surface area contributed by atoms with E-state index in [1.54, 1.807) is 32.0 Å². The minimum atomic E-state index is -4.58. The highest BCUT2D eigenvalue weighted by molar-refractivity contribution is 7.54. The first-order valence-electron chi connectivity index (χ1n) is 13.9. The third-order valence-corrected chi connectivity index (χ3v) is 8.10. The van der Waals surface area contributed by atoms with Crippen LogP contribution in [0.15, 0.2) is 47.4 Å². The van der Waals surface area contributed by atoms with Gasteiger partial charge in [0.15, 0.2) is 17.4 Å². The maximum Gasteiger partial charge on any atom is 0.380 e. The highest BCUT2D eigenvalue weighted by atomic mass is 31.2. The molecule has 15 heteroatoms. The van der Waals surface area contributed by atoms with Crippen molar-refractivity contribution in [2.75, 3.05) is 25.1 Å². The first-order chi connectivity index (χ1) is 20.6. The molecular weight excluding hydrogens is 572 g/mol. The minimum absolute atomic E-state index is 0.0435. The zero-order valence-corrected chi connectivity index (χ0v) is 23.9. The smallest absolute Gasteiger partial charge is 0.380 e. The van der Waals surface area contributed by atoms with Crippen molar-refractivity contribution in [3.63, 3.8) is 0 Å². The zero-order chi connectivity index (χ0) is 32.4. The molecule has 42 heavy (non-hydrogen) atoms. The van der Waals surface area contributed by atoms with Gasteiger partial charge >= 0.3 is 13.6 Å². The number of carbonyl (C=O) groups is 1. The molecule has 1 fully saturated rings. The molecule has 13 nitrogen and oxygen atoms in total. The van der Waals surface area contributed by atoms with Crippen LogP contribution in [-0.4, -0.2) is 68.9 Å². The van der Waals surface area contributed by atoms with Crippen LogP contribution in [0, 0.1) is 17.8 Å². The molecule has 0 bridgehead atoms. The lowest BCUT2D eigenvalue weighted by Gasteiger charge is -2.28. The molecule has 6 N–H and O–H groups in total. The van der Waals surface area contributed by atoms with Crippen LogP contribution in [0.25, 0.3) is 11.0 Å². The van der Waals surface area contributed by atoms with Crippen LogP contribution in [-0.2, 0) is 23.4 Å². The van der Waals surface area contributed by atoms with Gasteiger partial charge in [-0.2, -0.15) is 4.98 Å². The van der Waals surface area contributed by atoms with Crippen LogP contribution in [0.4, 0.5) is 10.3 Å². The highest BCUT2D eigenvalue weighted by Gasteiger charge is 2.55. The molecule has 4 rings (SSSR count). The van der Waals surface area contributed by atoms with Crippen molar-refractivity contribution in [2.24, 2.45) is 11.7 Å². The van der Waals surface area contributed by atoms with Crippen LogP contribution in [0.5, 0.6) is 5.75 Å². The summed E-state index contributed by atoms with van der Waals surface area (Å²) in [6, 6.07) is 9.10.